The highest BCUT2D eigenvalue weighted by molar-refractivity contribution is 6.31. The van der Waals surface area contributed by atoms with Crippen LogP contribution in [-0.2, 0) is 28.8 Å². The van der Waals surface area contributed by atoms with Crippen molar-refractivity contribution in [2.75, 3.05) is 11.9 Å². The molecule has 4 aromatic rings. The lowest BCUT2D eigenvalue weighted by Crippen LogP contribution is -2.16. The second-order valence-corrected chi connectivity index (χ2v) is 8.68. The van der Waals surface area contributed by atoms with Crippen molar-refractivity contribution in [1.82, 2.24) is 5.16 Å². The van der Waals surface area contributed by atoms with Gasteiger partial charge in [0.25, 0.3) is 0 Å². The largest absolute Gasteiger partial charge is 0.481 e. The van der Waals surface area contributed by atoms with Gasteiger partial charge in [-0.3, -0.25) is 10.1 Å². The number of nitrogens with zero attached hydrogens (tertiary/aromatic N) is 1. The fourth-order valence-electron chi connectivity index (χ4n) is 3.88. The van der Waals surface area contributed by atoms with E-state index in [1.165, 1.54) is 0 Å². The van der Waals surface area contributed by atoms with Crippen molar-refractivity contribution >= 4 is 29.4 Å². The topological polar surface area (TPSA) is 102 Å². The Hall–Kier alpha value is -4.10. The average Bonchev–Trinajstić information content (AvgIpc) is 3.21. The number of rotatable bonds is 9. The summed E-state index contributed by atoms with van der Waals surface area (Å²) in [6.07, 6.45) is 0.473. The lowest BCUT2D eigenvalue weighted by atomic mass is 9.97. The molecule has 1 amide bonds. The van der Waals surface area contributed by atoms with Crippen molar-refractivity contribution in [3.8, 4) is 11.3 Å². The van der Waals surface area contributed by atoms with E-state index in [0.29, 0.717) is 35.0 Å². The zero-order chi connectivity index (χ0) is 25.5. The molecule has 7 nitrogen and oxygen atoms in total. The molecule has 0 aliphatic heterocycles. The first-order valence-electron chi connectivity index (χ1n) is 11.4. The monoisotopic (exact) mass is 504 g/mol. The maximum Gasteiger partial charge on any atom is 0.411 e. The fraction of sp³-hybridized carbons (Fsp3) is 0.179. The summed E-state index contributed by atoms with van der Waals surface area (Å²) < 4.78 is 10.7. The number of ether oxygens (including phenoxy) is 1. The smallest absolute Gasteiger partial charge is 0.411 e. The van der Waals surface area contributed by atoms with Crippen LogP contribution in [0.1, 0.15) is 28.0 Å². The van der Waals surface area contributed by atoms with Gasteiger partial charge in [-0.15, -0.1) is 0 Å². The minimum atomic E-state index is -0.860. The molecule has 3 aromatic carbocycles. The SMILES string of the molecule is Cc1onc(-c2ccc(Cc3ccccc3CC(=O)O)cc2)c1NC(=O)OCCc1ccccc1Cl. The maximum absolute atomic E-state index is 12.4. The molecule has 0 saturated carbocycles. The van der Waals surface area contributed by atoms with Gasteiger partial charge in [0.2, 0.25) is 0 Å². The summed E-state index contributed by atoms with van der Waals surface area (Å²) in [7, 11) is 0. The number of aliphatic carboxylic acids is 1. The van der Waals surface area contributed by atoms with E-state index in [1.54, 1.807) is 13.0 Å². The lowest BCUT2D eigenvalue weighted by molar-refractivity contribution is -0.136. The Kier molecular flexibility index (Phi) is 8.02. The normalized spacial score (nSPS) is 10.7. The first-order valence-corrected chi connectivity index (χ1v) is 11.8. The van der Waals surface area contributed by atoms with Gasteiger partial charge in [0.1, 0.15) is 11.4 Å². The standard InChI is InChI=1S/C28H25ClN2O5/c1-18-26(30-28(34)35-15-14-20-6-4-5-9-24(20)29)27(31-36-18)21-12-10-19(11-13-21)16-22-7-2-3-8-23(22)17-25(32)33/h2-13H,14-17H2,1H3,(H,30,34)(H,32,33). The fourth-order valence-corrected chi connectivity index (χ4v) is 4.11. The third kappa shape index (κ3) is 6.31. The molecule has 0 unspecified atom stereocenters. The Morgan fingerprint density at radius 2 is 1.64 bits per heavy atom. The third-order valence-electron chi connectivity index (χ3n) is 5.73. The Balaban J connectivity index is 1.41. The van der Waals surface area contributed by atoms with Gasteiger partial charge in [0, 0.05) is 17.0 Å². The highest BCUT2D eigenvalue weighted by atomic mass is 35.5. The van der Waals surface area contributed by atoms with Crippen molar-refractivity contribution in [1.29, 1.82) is 0 Å². The van der Waals surface area contributed by atoms with Gasteiger partial charge in [-0.2, -0.15) is 0 Å². The molecule has 184 valence electrons. The molecule has 4 rings (SSSR count). The van der Waals surface area contributed by atoms with Gasteiger partial charge >= 0.3 is 12.1 Å². The number of aromatic nitrogens is 1. The van der Waals surface area contributed by atoms with Crippen LogP contribution in [0.5, 0.6) is 0 Å². The van der Waals surface area contributed by atoms with Gasteiger partial charge in [0.05, 0.1) is 13.0 Å². The molecule has 1 heterocycles. The number of aryl methyl sites for hydroxylation is 1. The van der Waals surface area contributed by atoms with Crippen LogP contribution in [0.25, 0.3) is 11.3 Å². The van der Waals surface area contributed by atoms with Crippen molar-refractivity contribution in [3.63, 3.8) is 0 Å². The van der Waals surface area contributed by atoms with Gasteiger partial charge < -0.3 is 14.4 Å². The summed E-state index contributed by atoms with van der Waals surface area (Å²) in [6.45, 7) is 1.89. The molecule has 2 N–H and O–H groups in total. The minimum Gasteiger partial charge on any atom is -0.481 e. The average molecular weight is 505 g/mol. The number of anilines is 1. The summed E-state index contributed by atoms with van der Waals surface area (Å²) in [4.78, 5) is 23.6. The van der Waals surface area contributed by atoms with E-state index in [4.69, 9.17) is 26.0 Å². The number of benzene rings is 3. The van der Waals surface area contributed by atoms with Crippen LogP contribution in [-0.4, -0.2) is 28.9 Å². The number of amides is 1. The first kappa shape index (κ1) is 25.0. The number of carboxylic acid groups (broad SMARTS) is 1. The lowest BCUT2D eigenvalue weighted by Gasteiger charge is -2.10. The summed E-state index contributed by atoms with van der Waals surface area (Å²) in [5.41, 5.74) is 5.38. The Bertz CT molecular complexity index is 1360. The van der Waals surface area contributed by atoms with Crippen LogP contribution < -0.4 is 5.32 Å². The summed E-state index contributed by atoms with van der Waals surface area (Å²) in [5, 5.41) is 16.6. The second kappa shape index (κ2) is 11.6. The van der Waals surface area contributed by atoms with Crippen molar-refractivity contribution in [3.05, 3.63) is 106 Å². The van der Waals surface area contributed by atoms with E-state index in [1.807, 2.05) is 66.7 Å². The van der Waals surface area contributed by atoms with E-state index >= 15 is 0 Å². The van der Waals surface area contributed by atoms with Crippen LogP contribution in [0.4, 0.5) is 10.5 Å². The zero-order valence-corrected chi connectivity index (χ0v) is 20.4. The van der Waals surface area contributed by atoms with Gasteiger partial charge in [-0.05, 0) is 41.7 Å². The molecule has 1 aromatic heterocycles. The van der Waals surface area contributed by atoms with Crippen molar-refractivity contribution in [2.24, 2.45) is 0 Å². The second-order valence-electron chi connectivity index (χ2n) is 8.28. The third-order valence-corrected chi connectivity index (χ3v) is 6.10. The molecule has 0 atom stereocenters. The molecule has 0 bridgehead atoms. The molecule has 0 aliphatic rings. The number of hydrogen-bond acceptors (Lipinski definition) is 5. The van der Waals surface area contributed by atoms with E-state index in [9.17, 15) is 9.59 Å². The van der Waals surface area contributed by atoms with Crippen LogP contribution >= 0.6 is 11.6 Å². The number of halogens is 1. The molecule has 0 spiro atoms. The van der Waals surface area contributed by atoms with E-state index in [-0.39, 0.29) is 13.0 Å². The molecule has 0 radical (unpaired) electrons. The Labute approximate surface area is 213 Å². The summed E-state index contributed by atoms with van der Waals surface area (Å²) >= 11 is 6.15. The molecular weight excluding hydrogens is 480 g/mol. The van der Waals surface area contributed by atoms with Crippen molar-refractivity contribution in [2.45, 2.75) is 26.2 Å². The van der Waals surface area contributed by atoms with E-state index < -0.39 is 12.1 Å². The van der Waals surface area contributed by atoms with Crippen LogP contribution in [0.3, 0.4) is 0 Å². The number of carbonyl (C=O) groups is 2. The Morgan fingerprint density at radius 3 is 2.33 bits per heavy atom. The highest BCUT2D eigenvalue weighted by Crippen LogP contribution is 2.31. The van der Waals surface area contributed by atoms with Gasteiger partial charge in [0.15, 0.2) is 5.76 Å². The minimum absolute atomic E-state index is 0.0179. The van der Waals surface area contributed by atoms with E-state index in [2.05, 4.69) is 10.5 Å². The van der Waals surface area contributed by atoms with Gasteiger partial charge in [-0.25, -0.2) is 4.79 Å². The van der Waals surface area contributed by atoms with Crippen molar-refractivity contribution < 1.29 is 24.0 Å². The molecular formula is C28H25ClN2O5. The summed E-state index contributed by atoms with van der Waals surface area (Å²) in [6, 6.07) is 22.6. The van der Waals surface area contributed by atoms with Crippen LogP contribution in [0.15, 0.2) is 77.3 Å². The molecule has 0 saturated heterocycles. The van der Waals surface area contributed by atoms with Crippen LogP contribution in [0.2, 0.25) is 5.02 Å². The van der Waals surface area contributed by atoms with E-state index in [0.717, 1.165) is 27.8 Å². The highest BCUT2D eigenvalue weighted by Gasteiger charge is 2.18. The predicted molar refractivity (Wildman–Crippen MR) is 137 cm³/mol. The molecule has 36 heavy (non-hydrogen) atoms. The zero-order valence-electron chi connectivity index (χ0n) is 19.7. The Morgan fingerprint density at radius 1 is 0.972 bits per heavy atom. The summed E-state index contributed by atoms with van der Waals surface area (Å²) in [5.74, 6) is -0.402. The number of nitrogens with one attached hydrogen (secondary N) is 1. The predicted octanol–water partition coefficient (Wildman–Crippen LogP) is 6.31. The number of carbonyl (C=O) groups excluding carboxylic acids is 1. The maximum atomic E-state index is 12.4. The molecule has 0 fully saturated rings. The molecule has 0 aliphatic carbocycles. The van der Waals surface area contributed by atoms with Gasteiger partial charge in [-0.1, -0.05) is 83.5 Å². The molecule has 8 heteroatoms. The van der Waals surface area contributed by atoms with Crippen LogP contribution in [0, 0.1) is 6.92 Å². The quantitative estimate of drug-likeness (QED) is 0.277. The number of hydrogen-bond donors (Lipinski definition) is 2. The number of carboxylic acids is 1. The first-order chi connectivity index (χ1) is 17.4.